The lowest BCUT2D eigenvalue weighted by atomic mass is 10.4. The van der Waals surface area contributed by atoms with Crippen LogP contribution >= 0.6 is 0 Å². The third-order valence-electron chi connectivity index (χ3n) is 2.72. The summed E-state index contributed by atoms with van der Waals surface area (Å²) >= 11 is 0. The van der Waals surface area contributed by atoms with Crippen molar-refractivity contribution in [2.24, 2.45) is 0 Å². The van der Waals surface area contributed by atoms with E-state index in [1.807, 2.05) is 0 Å². The van der Waals surface area contributed by atoms with Gasteiger partial charge in [-0.25, -0.2) is 4.98 Å². The molecule has 1 saturated heterocycles. The lowest BCUT2D eigenvalue weighted by molar-refractivity contribution is 0.0383. The summed E-state index contributed by atoms with van der Waals surface area (Å²) in [6.45, 7) is 4.63. The van der Waals surface area contributed by atoms with E-state index in [-0.39, 0.29) is 17.2 Å². The normalized spacial score (nSPS) is 16.4. The van der Waals surface area contributed by atoms with Crippen LogP contribution in [0, 0.1) is 0 Å². The second-order valence-electron chi connectivity index (χ2n) is 4.01. The van der Waals surface area contributed by atoms with Crippen LogP contribution in [0.4, 0.5) is 0 Å². The molecule has 0 unspecified atom stereocenters. The summed E-state index contributed by atoms with van der Waals surface area (Å²) in [4.78, 5) is 30.9. The van der Waals surface area contributed by atoms with Gasteiger partial charge < -0.3 is 15.0 Å². The molecule has 98 valence electrons. The average Bonchev–Trinajstić information content (AvgIpc) is 2.40. The zero-order valence-electron chi connectivity index (χ0n) is 10.0. The van der Waals surface area contributed by atoms with Crippen molar-refractivity contribution in [3.05, 3.63) is 28.4 Å². The Morgan fingerprint density at radius 1 is 1.50 bits per heavy atom. The van der Waals surface area contributed by atoms with Gasteiger partial charge in [0.25, 0.3) is 11.5 Å². The molecule has 0 bridgehead atoms. The van der Waals surface area contributed by atoms with Crippen LogP contribution in [0.25, 0.3) is 0 Å². The van der Waals surface area contributed by atoms with E-state index in [1.165, 1.54) is 6.20 Å². The third-order valence-corrected chi connectivity index (χ3v) is 2.72. The number of carbonyl (C=O) groups excluding carboxylic acids is 1. The van der Waals surface area contributed by atoms with Crippen LogP contribution in [0.15, 0.2) is 17.2 Å². The SMILES string of the molecule is O=C(NCCN1CCOCC1)c1c[nH]c(=O)cn1. The molecule has 7 heteroatoms. The molecule has 0 spiro atoms. The summed E-state index contributed by atoms with van der Waals surface area (Å²) in [5.41, 5.74) is -0.101. The Morgan fingerprint density at radius 3 is 2.94 bits per heavy atom. The Labute approximate surface area is 104 Å². The van der Waals surface area contributed by atoms with Gasteiger partial charge in [0.15, 0.2) is 0 Å². The topological polar surface area (TPSA) is 87.3 Å². The molecule has 2 rings (SSSR count). The molecule has 0 aliphatic carbocycles. The van der Waals surface area contributed by atoms with Crippen molar-refractivity contribution in [2.45, 2.75) is 0 Å². The maximum absolute atomic E-state index is 11.7. The molecule has 1 aromatic heterocycles. The second-order valence-corrected chi connectivity index (χ2v) is 4.01. The molecular formula is C11H16N4O3. The van der Waals surface area contributed by atoms with E-state index < -0.39 is 0 Å². The molecule has 2 heterocycles. The minimum Gasteiger partial charge on any atom is -0.379 e. The summed E-state index contributed by atoms with van der Waals surface area (Å²) in [7, 11) is 0. The Kier molecular flexibility index (Phi) is 4.43. The number of carbonyl (C=O) groups is 1. The Balaban J connectivity index is 1.74. The summed E-state index contributed by atoms with van der Waals surface area (Å²) in [5, 5.41) is 2.76. The zero-order valence-corrected chi connectivity index (χ0v) is 10.0. The third kappa shape index (κ3) is 3.64. The highest BCUT2D eigenvalue weighted by molar-refractivity contribution is 5.91. The first-order valence-corrected chi connectivity index (χ1v) is 5.89. The highest BCUT2D eigenvalue weighted by Crippen LogP contribution is 1.95. The number of aromatic amines is 1. The molecule has 18 heavy (non-hydrogen) atoms. The fourth-order valence-electron chi connectivity index (χ4n) is 1.71. The zero-order chi connectivity index (χ0) is 12.8. The molecule has 1 fully saturated rings. The monoisotopic (exact) mass is 252 g/mol. The van der Waals surface area contributed by atoms with Crippen LogP contribution in [0.1, 0.15) is 10.5 Å². The van der Waals surface area contributed by atoms with Crippen molar-refractivity contribution >= 4 is 5.91 Å². The van der Waals surface area contributed by atoms with Gasteiger partial charge in [0, 0.05) is 32.4 Å². The van der Waals surface area contributed by atoms with E-state index in [1.54, 1.807) is 0 Å². The van der Waals surface area contributed by atoms with Gasteiger partial charge in [-0.2, -0.15) is 0 Å². The van der Waals surface area contributed by atoms with Crippen molar-refractivity contribution in [3.8, 4) is 0 Å². The highest BCUT2D eigenvalue weighted by atomic mass is 16.5. The van der Waals surface area contributed by atoms with Crippen LogP contribution < -0.4 is 10.9 Å². The van der Waals surface area contributed by atoms with E-state index in [2.05, 4.69) is 20.2 Å². The number of H-pyrrole nitrogens is 1. The van der Waals surface area contributed by atoms with Crippen molar-refractivity contribution in [1.29, 1.82) is 0 Å². The molecule has 0 radical (unpaired) electrons. The number of hydrogen-bond donors (Lipinski definition) is 2. The molecule has 1 aliphatic heterocycles. The number of rotatable bonds is 4. The lowest BCUT2D eigenvalue weighted by Gasteiger charge is -2.26. The molecule has 1 amide bonds. The first-order chi connectivity index (χ1) is 8.75. The number of nitrogens with one attached hydrogen (secondary N) is 2. The number of hydrogen-bond acceptors (Lipinski definition) is 5. The Hall–Kier alpha value is -1.73. The summed E-state index contributed by atoms with van der Waals surface area (Å²) in [6.07, 6.45) is 2.41. The Bertz CT molecular complexity index is 433. The minimum absolute atomic E-state index is 0.219. The van der Waals surface area contributed by atoms with Gasteiger partial charge in [-0.05, 0) is 0 Å². The molecule has 1 aliphatic rings. The van der Waals surface area contributed by atoms with Crippen LogP contribution in [0.5, 0.6) is 0 Å². The van der Waals surface area contributed by atoms with Gasteiger partial charge in [-0.15, -0.1) is 0 Å². The fourth-order valence-corrected chi connectivity index (χ4v) is 1.71. The lowest BCUT2D eigenvalue weighted by Crippen LogP contribution is -2.41. The maximum Gasteiger partial charge on any atom is 0.271 e. The molecule has 7 nitrogen and oxygen atoms in total. The van der Waals surface area contributed by atoms with E-state index in [0.29, 0.717) is 6.54 Å². The van der Waals surface area contributed by atoms with Gasteiger partial charge in [0.2, 0.25) is 0 Å². The molecule has 0 saturated carbocycles. The van der Waals surface area contributed by atoms with E-state index in [4.69, 9.17) is 4.74 Å². The predicted octanol–water partition coefficient (Wildman–Crippen LogP) is -1.17. The van der Waals surface area contributed by atoms with E-state index in [0.717, 1.165) is 39.0 Å². The van der Waals surface area contributed by atoms with Gasteiger partial charge in [-0.1, -0.05) is 0 Å². The quantitative estimate of drug-likeness (QED) is 0.705. The van der Waals surface area contributed by atoms with Crippen molar-refractivity contribution in [3.63, 3.8) is 0 Å². The first kappa shape index (κ1) is 12.7. The van der Waals surface area contributed by atoms with Crippen molar-refractivity contribution < 1.29 is 9.53 Å². The summed E-state index contributed by atoms with van der Waals surface area (Å²) < 4.78 is 5.23. The number of amides is 1. The van der Waals surface area contributed by atoms with Crippen molar-refractivity contribution in [2.75, 3.05) is 39.4 Å². The van der Waals surface area contributed by atoms with Gasteiger partial charge in [0.1, 0.15) is 5.69 Å². The predicted molar refractivity (Wildman–Crippen MR) is 64.4 cm³/mol. The van der Waals surface area contributed by atoms with Crippen LogP contribution in [0.3, 0.4) is 0 Å². The number of nitrogens with zero attached hydrogens (tertiary/aromatic N) is 2. The maximum atomic E-state index is 11.7. The molecule has 1 aromatic rings. The average molecular weight is 252 g/mol. The Morgan fingerprint density at radius 2 is 2.28 bits per heavy atom. The second kappa shape index (κ2) is 6.27. The van der Waals surface area contributed by atoms with Gasteiger partial charge >= 0.3 is 0 Å². The number of morpholine rings is 1. The first-order valence-electron chi connectivity index (χ1n) is 5.89. The van der Waals surface area contributed by atoms with E-state index in [9.17, 15) is 9.59 Å². The fraction of sp³-hybridized carbons (Fsp3) is 0.545. The largest absolute Gasteiger partial charge is 0.379 e. The van der Waals surface area contributed by atoms with Crippen LogP contribution in [-0.4, -0.2) is 60.2 Å². The van der Waals surface area contributed by atoms with Gasteiger partial charge in [-0.3, -0.25) is 14.5 Å². The molecule has 0 aromatic carbocycles. The van der Waals surface area contributed by atoms with Crippen LogP contribution in [-0.2, 0) is 4.74 Å². The van der Waals surface area contributed by atoms with Gasteiger partial charge in [0.05, 0.1) is 19.4 Å². The van der Waals surface area contributed by atoms with Crippen LogP contribution in [0.2, 0.25) is 0 Å². The molecule has 2 N–H and O–H groups in total. The number of ether oxygens (including phenoxy) is 1. The highest BCUT2D eigenvalue weighted by Gasteiger charge is 2.11. The standard InChI is InChI=1S/C11H16N4O3/c16-10-8-13-9(7-14-10)11(17)12-1-2-15-3-5-18-6-4-15/h7-8H,1-6H2,(H,12,17)(H,14,16). The summed E-state index contributed by atoms with van der Waals surface area (Å²) in [5.74, 6) is -0.278. The molecular weight excluding hydrogens is 236 g/mol. The smallest absolute Gasteiger partial charge is 0.271 e. The minimum atomic E-state index is -0.320. The van der Waals surface area contributed by atoms with E-state index >= 15 is 0 Å². The van der Waals surface area contributed by atoms with Crippen molar-refractivity contribution in [1.82, 2.24) is 20.2 Å². The number of aromatic nitrogens is 2. The molecule has 0 atom stereocenters. The summed E-state index contributed by atoms with van der Waals surface area (Å²) in [6, 6.07) is 0.